The number of carbonyl (C=O) groups is 2. The third kappa shape index (κ3) is 4.39. The summed E-state index contributed by atoms with van der Waals surface area (Å²) >= 11 is 0. The summed E-state index contributed by atoms with van der Waals surface area (Å²) in [6.45, 7) is 8.06. The molecule has 2 N–H and O–H groups in total. The molecule has 0 aromatic heterocycles. The molecule has 1 aliphatic rings. The van der Waals surface area contributed by atoms with Crippen molar-refractivity contribution < 1.29 is 24.5 Å². The van der Waals surface area contributed by atoms with Gasteiger partial charge in [0, 0.05) is 5.69 Å². The first-order chi connectivity index (χ1) is 16.5. The predicted molar refractivity (Wildman–Crippen MR) is 136 cm³/mol. The number of Topliss-reactive ketones (excluding diaryl/α,β-unsaturated/α-hetero) is 1. The van der Waals surface area contributed by atoms with E-state index in [1.54, 1.807) is 36.4 Å². The van der Waals surface area contributed by atoms with Crippen LogP contribution in [0.25, 0.3) is 5.76 Å². The number of hydrogen-bond donors (Lipinski definition) is 2. The molecule has 6 heteroatoms. The highest BCUT2D eigenvalue weighted by Gasteiger charge is 2.47. The largest absolute Gasteiger partial charge is 0.508 e. The van der Waals surface area contributed by atoms with Crippen LogP contribution in [0.1, 0.15) is 49.1 Å². The smallest absolute Gasteiger partial charge is 0.300 e. The summed E-state index contributed by atoms with van der Waals surface area (Å²) in [7, 11) is 1.49. The molecule has 3 aromatic carbocycles. The maximum Gasteiger partial charge on any atom is 0.300 e. The van der Waals surface area contributed by atoms with E-state index in [-0.39, 0.29) is 22.5 Å². The number of aliphatic hydroxyl groups excluding tert-OH is 1. The zero-order chi connectivity index (χ0) is 25.5. The van der Waals surface area contributed by atoms with Crippen molar-refractivity contribution in [1.82, 2.24) is 0 Å². The average molecular weight is 472 g/mol. The van der Waals surface area contributed by atoms with Gasteiger partial charge in [0.1, 0.15) is 17.3 Å². The van der Waals surface area contributed by atoms with E-state index in [9.17, 15) is 19.8 Å². The molecular formula is C29H29NO5. The normalized spacial score (nSPS) is 17.6. The Morgan fingerprint density at radius 1 is 0.971 bits per heavy atom. The van der Waals surface area contributed by atoms with Gasteiger partial charge < -0.3 is 14.9 Å². The van der Waals surface area contributed by atoms with Crippen molar-refractivity contribution in [2.24, 2.45) is 0 Å². The van der Waals surface area contributed by atoms with E-state index in [0.29, 0.717) is 22.6 Å². The van der Waals surface area contributed by atoms with Crippen molar-refractivity contribution in [3.63, 3.8) is 0 Å². The van der Waals surface area contributed by atoms with Crippen LogP contribution in [-0.4, -0.2) is 29.0 Å². The Morgan fingerprint density at radius 3 is 2.26 bits per heavy atom. The summed E-state index contributed by atoms with van der Waals surface area (Å²) in [6, 6.07) is 18.1. The van der Waals surface area contributed by atoms with Gasteiger partial charge in [-0.05, 0) is 59.9 Å². The zero-order valence-electron chi connectivity index (χ0n) is 20.5. The SMILES string of the molecule is COc1ccc(C(C)(C)C)cc1/C(O)=C1\C(=O)C(=O)N(c2ccc(C)cc2)C1c1cccc(O)c1. The molecule has 1 saturated heterocycles. The Labute approximate surface area is 205 Å². The third-order valence-corrected chi connectivity index (χ3v) is 6.26. The zero-order valence-corrected chi connectivity index (χ0v) is 20.5. The molecule has 3 aromatic rings. The van der Waals surface area contributed by atoms with Crippen molar-refractivity contribution in [2.45, 2.75) is 39.2 Å². The number of nitrogens with zero attached hydrogens (tertiary/aromatic N) is 1. The number of phenols is 1. The van der Waals surface area contributed by atoms with Gasteiger partial charge in [0.2, 0.25) is 0 Å². The van der Waals surface area contributed by atoms with Gasteiger partial charge >= 0.3 is 0 Å². The Morgan fingerprint density at radius 2 is 1.66 bits per heavy atom. The van der Waals surface area contributed by atoms with E-state index in [0.717, 1.165) is 11.1 Å². The summed E-state index contributed by atoms with van der Waals surface area (Å²) in [4.78, 5) is 28.1. The van der Waals surface area contributed by atoms with E-state index < -0.39 is 17.7 Å². The second kappa shape index (κ2) is 8.95. The van der Waals surface area contributed by atoms with Gasteiger partial charge in [-0.2, -0.15) is 0 Å². The lowest BCUT2D eigenvalue weighted by Crippen LogP contribution is -2.29. The van der Waals surface area contributed by atoms with Gasteiger partial charge in [0.25, 0.3) is 11.7 Å². The third-order valence-electron chi connectivity index (χ3n) is 6.26. The Balaban J connectivity index is 2.00. The van der Waals surface area contributed by atoms with Gasteiger partial charge in [-0.15, -0.1) is 0 Å². The van der Waals surface area contributed by atoms with E-state index in [1.807, 2.05) is 45.9 Å². The topological polar surface area (TPSA) is 87.1 Å². The minimum Gasteiger partial charge on any atom is -0.508 e. The quantitative estimate of drug-likeness (QED) is 0.292. The number of anilines is 1. The number of ether oxygens (including phenoxy) is 1. The fourth-order valence-corrected chi connectivity index (χ4v) is 4.32. The monoisotopic (exact) mass is 471 g/mol. The number of rotatable bonds is 4. The lowest BCUT2D eigenvalue weighted by Gasteiger charge is -2.26. The lowest BCUT2D eigenvalue weighted by molar-refractivity contribution is -0.132. The number of aryl methyl sites for hydroxylation is 1. The number of benzene rings is 3. The van der Waals surface area contributed by atoms with Crippen LogP contribution >= 0.6 is 0 Å². The van der Waals surface area contributed by atoms with Crippen LogP contribution < -0.4 is 9.64 Å². The molecule has 1 atom stereocenters. The molecular weight excluding hydrogens is 442 g/mol. The van der Waals surface area contributed by atoms with Crippen molar-refractivity contribution in [3.05, 3.63) is 94.6 Å². The molecule has 4 rings (SSSR count). The predicted octanol–water partition coefficient (Wildman–Crippen LogP) is 5.63. The van der Waals surface area contributed by atoms with Crippen molar-refractivity contribution >= 4 is 23.1 Å². The molecule has 35 heavy (non-hydrogen) atoms. The van der Waals surface area contributed by atoms with E-state index in [2.05, 4.69) is 0 Å². The second-order valence-corrected chi connectivity index (χ2v) is 9.76. The first-order valence-corrected chi connectivity index (χ1v) is 11.4. The van der Waals surface area contributed by atoms with Crippen LogP contribution in [0.5, 0.6) is 11.5 Å². The van der Waals surface area contributed by atoms with Gasteiger partial charge in [0.05, 0.1) is 24.3 Å². The number of amides is 1. The molecule has 1 unspecified atom stereocenters. The highest BCUT2D eigenvalue weighted by Crippen LogP contribution is 2.44. The number of aliphatic hydroxyl groups is 1. The maximum atomic E-state index is 13.4. The number of hydrogen-bond acceptors (Lipinski definition) is 5. The van der Waals surface area contributed by atoms with E-state index in [1.165, 1.54) is 24.1 Å². The maximum absolute atomic E-state index is 13.4. The molecule has 180 valence electrons. The van der Waals surface area contributed by atoms with Crippen LogP contribution in [-0.2, 0) is 15.0 Å². The molecule has 1 fully saturated rings. The number of phenolic OH excluding ortho intramolecular Hbond substituents is 1. The average Bonchev–Trinajstić information content (AvgIpc) is 3.08. The molecule has 0 aliphatic carbocycles. The fourth-order valence-electron chi connectivity index (χ4n) is 4.32. The highest BCUT2D eigenvalue weighted by molar-refractivity contribution is 6.51. The number of aromatic hydroxyl groups is 1. The minimum atomic E-state index is -0.937. The summed E-state index contributed by atoms with van der Waals surface area (Å²) in [5, 5.41) is 21.7. The standard InChI is InChI=1S/C29H29NO5/c1-17-9-12-20(13-10-17)30-25(18-7-6-8-21(31)15-18)24(27(33)28(30)34)26(32)22-16-19(29(2,3)4)11-14-23(22)35-5/h6-16,25,31-32H,1-5H3/b26-24+. The van der Waals surface area contributed by atoms with Crippen molar-refractivity contribution in [3.8, 4) is 11.5 Å². The lowest BCUT2D eigenvalue weighted by atomic mass is 9.85. The van der Waals surface area contributed by atoms with Gasteiger partial charge in [-0.3, -0.25) is 14.5 Å². The molecule has 1 amide bonds. The molecule has 6 nitrogen and oxygen atoms in total. The molecule has 0 spiro atoms. The second-order valence-electron chi connectivity index (χ2n) is 9.76. The summed E-state index contributed by atoms with van der Waals surface area (Å²) in [5.41, 5.74) is 2.99. The molecule has 0 bridgehead atoms. The number of methoxy groups -OCH3 is 1. The molecule has 1 aliphatic heterocycles. The van der Waals surface area contributed by atoms with Gasteiger partial charge in [-0.25, -0.2) is 0 Å². The molecule has 1 heterocycles. The molecule has 0 saturated carbocycles. The number of ketones is 1. The first-order valence-electron chi connectivity index (χ1n) is 11.4. The van der Waals surface area contributed by atoms with Crippen LogP contribution in [0, 0.1) is 6.92 Å². The Kier molecular flexibility index (Phi) is 6.15. The summed E-state index contributed by atoms with van der Waals surface area (Å²) in [6.07, 6.45) is 0. The number of carbonyl (C=O) groups excluding carboxylic acids is 2. The van der Waals surface area contributed by atoms with Crippen LogP contribution in [0.3, 0.4) is 0 Å². The summed E-state index contributed by atoms with van der Waals surface area (Å²) in [5.74, 6) is -1.51. The summed E-state index contributed by atoms with van der Waals surface area (Å²) < 4.78 is 5.50. The first kappa shape index (κ1) is 24.1. The Bertz CT molecular complexity index is 1330. The fraction of sp³-hybridized carbons (Fsp3) is 0.241. The van der Waals surface area contributed by atoms with E-state index >= 15 is 0 Å². The highest BCUT2D eigenvalue weighted by atomic mass is 16.5. The van der Waals surface area contributed by atoms with Crippen LogP contribution in [0.2, 0.25) is 0 Å². The van der Waals surface area contributed by atoms with Gasteiger partial charge in [-0.1, -0.05) is 56.7 Å². The van der Waals surface area contributed by atoms with E-state index in [4.69, 9.17) is 4.74 Å². The molecule has 0 radical (unpaired) electrons. The Hall–Kier alpha value is -4.06. The van der Waals surface area contributed by atoms with Gasteiger partial charge in [0.15, 0.2) is 0 Å². The van der Waals surface area contributed by atoms with Crippen molar-refractivity contribution in [1.29, 1.82) is 0 Å². The van der Waals surface area contributed by atoms with Crippen molar-refractivity contribution in [2.75, 3.05) is 12.0 Å². The van der Waals surface area contributed by atoms with Crippen LogP contribution in [0.4, 0.5) is 5.69 Å². The van der Waals surface area contributed by atoms with Crippen LogP contribution in [0.15, 0.2) is 72.3 Å². The minimum absolute atomic E-state index is 0.00990.